The summed E-state index contributed by atoms with van der Waals surface area (Å²) in [6, 6.07) is 2.12. The van der Waals surface area contributed by atoms with E-state index < -0.39 is 5.41 Å². The van der Waals surface area contributed by atoms with Crippen LogP contribution in [0.3, 0.4) is 0 Å². The maximum absolute atomic E-state index is 12.2. The Morgan fingerprint density at radius 3 is 2.33 bits per heavy atom. The molecule has 1 saturated carbocycles. The molecule has 1 aliphatic heterocycles. The number of nitriles is 1. The SMILES string of the molecule is CN(CC(=O)N1CCCC1)C(=O)C1(C#N)CCC1. The normalized spacial score (nSPS) is 21.0. The number of likely N-dealkylation sites (tertiary alicyclic amines) is 1. The first-order chi connectivity index (χ1) is 8.59. The number of nitrogens with zero attached hydrogens (tertiary/aromatic N) is 3. The van der Waals surface area contributed by atoms with E-state index >= 15 is 0 Å². The molecular formula is C13H19N3O2. The van der Waals surface area contributed by atoms with E-state index in [0.29, 0.717) is 12.8 Å². The van der Waals surface area contributed by atoms with Gasteiger partial charge in [-0.15, -0.1) is 0 Å². The fourth-order valence-corrected chi connectivity index (χ4v) is 2.61. The van der Waals surface area contributed by atoms with Gasteiger partial charge in [0, 0.05) is 20.1 Å². The lowest BCUT2D eigenvalue weighted by molar-refractivity contribution is -0.146. The van der Waals surface area contributed by atoms with E-state index in [1.165, 1.54) is 4.90 Å². The molecule has 0 N–H and O–H groups in total. The molecule has 0 aromatic rings. The lowest BCUT2D eigenvalue weighted by Gasteiger charge is -2.36. The second-order valence-corrected chi connectivity index (χ2v) is 5.30. The van der Waals surface area contributed by atoms with Crippen LogP contribution in [0.5, 0.6) is 0 Å². The number of likely N-dealkylation sites (N-methyl/N-ethyl adjacent to an activating group) is 1. The third kappa shape index (κ3) is 2.20. The minimum Gasteiger partial charge on any atom is -0.341 e. The first-order valence-electron chi connectivity index (χ1n) is 6.54. The number of hydrogen-bond acceptors (Lipinski definition) is 3. The van der Waals surface area contributed by atoms with Gasteiger partial charge in [-0.25, -0.2) is 0 Å². The van der Waals surface area contributed by atoms with Crippen molar-refractivity contribution in [3.8, 4) is 6.07 Å². The van der Waals surface area contributed by atoms with Crippen LogP contribution < -0.4 is 0 Å². The van der Waals surface area contributed by atoms with Gasteiger partial charge in [-0.05, 0) is 32.1 Å². The van der Waals surface area contributed by atoms with Crippen molar-refractivity contribution in [3.05, 3.63) is 0 Å². The number of amides is 2. The van der Waals surface area contributed by atoms with E-state index in [2.05, 4.69) is 6.07 Å². The standard InChI is InChI=1S/C13H19N3O2/c1-15(9-11(17)16-7-2-3-8-16)12(18)13(10-14)5-4-6-13/h2-9H2,1H3. The maximum atomic E-state index is 12.2. The summed E-state index contributed by atoms with van der Waals surface area (Å²) in [5.41, 5.74) is -0.847. The minimum absolute atomic E-state index is 0.00392. The van der Waals surface area contributed by atoms with Crippen LogP contribution in [0.25, 0.3) is 0 Å². The molecule has 0 spiro atoms. The maximum Gasteiger partial charge on any atom is 0.243 e. The predicted molar refractivity (Wildman–Crippen MR) is 65.3 cm³/mol. The Kier molecular flexibility index (Phi) is 3.55. The Morgan fingerprint density at radius 1 is 1.28 bits per heavy atom. The van der Waals surface area contributed by atoms with Crippen LogP contribution in [-0.4, -0.2) is 48.3 Å². The summed E-state index contributed by atoms with van der Waals surface area (Å²) in [5, 5.41) is 9.11. The Labute approximate surface area is 107 Å². The zero-order chi connectivity index (χ0) is 13.2. The minimum atomic E-state index is -0.847. The van der Waals surface area contributed by atoms with Crippen LogP contribution in [-0.2, 0) is 9.59 Å². The molecule has 0 aromatic carbocycles. The Bertz CT molecular complexity index is 390. The highest BCUT2D eigenvalue weighted by Gasteiger charge is 2.46. The lowest BCUT2D eigenvalue weighted by Crippen LogP contribution is -2.48. The lowest BCUT2D eigenvalue weighted by atomic mass is 9.69. The molecule has 98 valence electrons. The average molecular weight is 249 g/mol. The number of rotatable bonds is 3. The Balaban J connectivity index is 1.91. The van der Waals surface area contributed by atoms with Crippen LogP contribution in [0.4, 0.5) is 0 Å². The third-order valence-corrected chi connectivity index (χ3v) is 4.01. The van der Waals surface area contributed by atoms with Crippen LogP contribution in [0.15, 0.2) is 0 Å². The molecule has 0 bridgehead atoms. The van der Waals surface area contributed by atoms with Crippen LogP contribution in [0.1, 0.15) is 32.1 Å². The largest absolute Gasteiger partial charge is 0.341 e. The van der Waals surface area contributed by atoms with Gasteiger partial charge in [0.25, 0.3) is 0 Å². The van der Waals surface area contributed by atoms with Gasteiger partial charge in [-0.2, -0.15) is 5.26 Å². The molecule has 1 heterocycles. The molecule has 5 heteroatoms. The van der Waals surface area contributed by atoms with E-state index in [-0.39, 0.29) is 18.4 Å². The van der Waals surface area contributed by atoms with Crippen molar-refractivity contribution in [2.75, 3.05) is 26.7 Å². The first-order valence-corrected chi connectivity index (χ1v) is 6.54. The monoisotopic (exact) mass is 249 g/mol. The van der Waals surface area contributed by atoms with Gasteiger partial charge in [0.05, 0.1) is 12.6 Å². The quantitative estimate of drug-likeness (QED) is 0.741. The van der Waals surface area contributed by atoms with Crippen molar-refractivity contribution in [3.63, 3.8) is 0 Å². The van der Waals surface area contributed by atoms with Crippen molar-refractivity contribution in [2.45, 2.75) is 32.1 Å². The van der Waals surface area contributed by atoms with E-state index in [1.807, 2.05) is 0 Å². The van der Waals surface area contributed by atoms with Gasteiger partial charge in [0.2, 0.25) is 11.8 Å². The highest BCUT2D eigenvalue weighted by atomic mass is 16.2. The fraction of sp³-hybridized carbons (Fsp3) is 0.769. The van der Waals surface area contributed by atoms with Crippen molar-refractivity contribution in [1.29, 1.82) is 5.26 Å². The van der Waals surface area contributed by atoms with Gasteiger partial charge in [0.1, 0.15) is 5.41 Å². The Hall–Kier alpha value is -1.57. The molecular weight excluding hydrogens is 230 g/mol. The van der Waals surface area contributed by atoms with E-state index in [1.54, 1.807) is 11.9 Å². The summed E-state index contributed by atoms with van der Waals surface area (Å²) in [6.45, 7) is 1.69. The highest BCUT2D eigenvalue weighted by molar-refractivity contribution is 5.90. The molecule has 2 fully saturated rings. The second kappa shape index (κ2) is 4.97. The Morgan fingerprint density at radius 2 is 1.89 bits per heavy atom. The average Bonchev–Trinajstić information content (AvgIpc) is 2.81. The summed E-state index contributed by atoms with van der Waals surface area (Å²) >= 11 is 0. The topological polar surface area (TPSA) is 64.4 Å². The summed E-state index contributed by atoms with van der Waals surface area (Å²) in [4.78, 5) is 27.3. The molecule has 2 amide bonds. The van der Waals surface area contributed by atoms with Crippen LogP contribution in [0, 0.1) is 16.7 Å². The smallest absolute Gasteiger partial charge is 0.243 e. The number of hydrogen-bond donors (Lipinski definition) is 0. The zero-order valence-electron chi connectivity index (χ0n) is 10.8. The summed E-state index contributed by atoms with van der Waals surface area (Å²) < 4.78 is 0. The third-order valence-electron chi connectivity index (χ3n) is 4.01. The van der Waals surface area contributed by atoms with E-state index in [4.69, 9.17) is 5.26 Å². The van der Waals surface area contributed by atoms with Crippen molar-refractivity contribution in [1.82, 2.24) is 9.80 Å². The molecule has 1 saturated heterocycles. The van der Waals surface area contributed by atoms with Crippen molar-refractivity contribution in [2.24, 2.45) is 5.41 Å². The molecule has 0 atom stereocenters. The molecule has 1 aliphatic carbocycles. The van der Waals surface area contributed by atoms with Crippen molar-refractivity contribution < 1.29 is 9.59 Å². The fourth-order valence-electron chi connectivity index (χ4n) is 2.61. The number of carbonyl (C=O) groups excluding carboxylic acids is 2. The molecule has 0 aromatic heterocycles. The van der Waals surface area contributed by atoms with Gasteiger partial charge < -0.3 is 9.80 Å². The second-order valence-electron chi connectivity index (χ2n) is 5.30. The van der Waals surface area contributed by atoms with E-state index in [9.17, 15) is 9.59 Å². The highest BCUT2D eigenvalue weighted by Crippen LogP contribution is 2.41. The van der Waals surface area contributed by atoms with Crippen molar-refractivity contribution >= 4 is 11.8 Å². The predicted octanol–water partition coefficient (Wildman–Crippen LogP) is 0.761. The van der Waals surface area contributed by atoms with Gasteiger partial charge >= 0.3 is 0 Å². The molecule has 2 rings (SSSR count). The van der Waals surface area contributed by atoms with Gasteiger partial charge in [-0.1, -0.05) is 0 Å². The molecule has 2 aliphatic rings. The molecule has 0 radical (unpaired) electrons. The zero-order valence-corrected chi connectivity index (χ0v) is 10.8. The first kappa shape index (κ1) is 12.9. The van der Waals surface area contributed by atoms with Gasteiger partial charge in [0.15, 0.2) is 0 Å². The summed E-state index contributed by atoms with van der Waals surface area (Å²) in [6.07, 6.45) is 4.28. The summed E-state index contributed by atoms with van der Waals surface area (Å²) in [7, 11) is 1.62. The molecule has 5 nitrogen and oxygen atoms in total. The van der Waals surface area contributed by atoms with Crippen LogP contribution >= 0.6 is 0 Å². The van der Waals surface area contributed by atoms with Gasteiger partial charge in [-0.3, -0.25) is 9.59 Å². The summed E-state index contributed by atoms with van der Waals surface area (Å²) in [5.74, 6) is -0.195. The molecule has 0 unspecified atom stereocenters. The number of carbonyl (C=O) groups is 2. The van der Waals surface area contributed by atoms with E-state index in [0.717, 1.165) is 32.4 Å². The molecule has 18 heavy (non-hydrogen) atoms. The van der Waals surface area contributed by atoms with Crippen LogP contribution in [0.2, 0.25) is 0 Å².